The zero-order valence-corrected chi connectivity index (χ0v) is 16.2. The van der Waals surface area contributed by atoms with E-state index in [0.717, 1.165) is 5.56 Å². The Morgan fingerprint density at radius 2 is 1.86 bits per heavy atom. The number of hydrogen-bond acceptors (Lipinski definition) is 7. The molecular weight excluding hydrogens is 398 g/mol. The minimum Gasteiger partial charge on any atom is -0.461 e. The smallest absolute Gasteiger partial charge is 0.273 e. The Bertz CT molecular complexity index is 1070. The molecule has 0 aliphatic carbocycles. The first-order chi connectivity index (χ1) is 14.0. The number of ether oxygens (including phenoxy) is 1. The average molecular weight is 417 g/mol. The van der Waals surface area contributed by atoms with E-state index in [2.05, 4.69) is 10.5 Å². The van der Waals surface area contributed by atoms with Gasteiger partial charge in [-0.25, -0.2) is 8.42 Å². The van der Waals surface area contributed by atoms with E-state index in [-0.39, 0.29) is 17.1 Å². The van der Waals surface area contributed by atoms with Crippen molar-refractivity contribution in [1.82, 2.24) is 14.8 Å². The van der Waals surface area contributed by atoms with Crippen molar-refractivity contribution in [3.63, 3.8) is 0 Å². The van der Waals surface area contributed by atoms with Gasteiger partial charge in [-0.05, 0) is 29.8 Å². The number of benzene rings is 1. The first kappa shape index (κ1) is 19.4. The van der Waals surface area contributed by atoms with Crippen molar-refractivity contribution < 1.29 is 26.9 Å². The van der Waals surface area contributed by atoms with Crippen LogP contribution in [0.4, 0.5) is 0 Å². The Labute approximate surface area is 167 Å². The van der Waals surface area contributed by atoms with Crippen LogP contribution in [0.5, 0.6) is 0 Å². The van der Waals surface area contributed by atoms with Crippen LogP contribution in [-0.2, 0) is 21.3 Å². The molecule has 1 amide bonds. The quantitative estimate of drug-likeness (QED) is 0.651. The topological polar surface area (TPSA) is 115 Å². The number of carbonyl (C=O) groups is 1. The molecule has 0 radical (unpaired) electrons. The summed E-state index contributed by atoms with van der Waals surface area (Å²) in [4.78, 5) is 12.5. The number of furan rings is 1. The number of morpholine rings is 1. The van der Waals surface area contributed by atoms with Gasteiger partial charge >= 0.3 is 0 Å². The standard InChI is InChI=1S/C19H19N3O6S/c23-19(16-12-18(28-21-16)17-2-1-9-27-17)20-13-14-3-5-15(6-4-14)29(24,25)22-7-10-26-11-8-22/h1-6,9,12H,7-8,10-11,13H2,(H,20,23). The van der Waals surface area contributed by atoms with Crippen LogP contribution in [0.25, 0.3) is 11.5 Å². The Morgan fingerprint density at radius 1 is 1.10 bits per heavy atom. The van der Waals surface area contributed by atoms with Crippen LogP contribution in [0.1, 0.15) is 16.1 Å². The minimum atomic E-state index is -3.54. The Kier molecular flexibility index (Phi) is 5.47. The van der Waals surface area contributed by atoms with Crippen LogP contribution < -0.4 is 5.32 Å². The number of hydrogen-bond donors (Lipinski definition) is 1. The van der Waals surface area contributed by atoms with Gasteiger partial charge in [-0.15, -0.1) is 0 Å². The van der Waals surface area contributed by atoms with Crippen molar-refractivity contribution in [2.45, 2.75) is 11.4 Å². The first-order valence-corrected chi connectivity index (χ1v) is 10.4. The highest BCUT2D eigenvalue weighted by atomic mass is 32.2. The van der Waals surface area contributed by atoms with E-state index in [9.17, 15) is 13.2 Å². The Hall–Kier alpha value is -2.95. The average Bonchev–Trinajstić information content (AvgIpc) is 3.45. The van der Waals surface area contributed by atoms with Crippen LogP contribution in [0.15, 0.2) is 62.6 Å². The SMILES string of the molecule is O=C(NCc1ccc(S(=O)(=O)N2CCOCC2)cc1)c1cc(-c2ccco2)on1. The number of nitrogens with zero attached hydrogens (tertiary/aromatic N) is 2. The van der Waals surface area contributed by atoms with E-state index in [0.29, 0.717) is 37.8 Å². The van der Waals surface area contributed by atoms with E-state index >= 15 is 0 Å². The predicted molar refractivity (Wildman–Crippen MR) is 101 cm³/mol. The molecule has 1 fully saturated rings. The van der Waals surface area contributed by atoms with Gasteiger partial charge < -0.3 is 19.0 Å². The predicted octanol–water partition coefficient (Wildman–Crippen LogP) is 1.89. The van der Waals surface area contributed by atoms with Crippen LogP contribution in [0.3, 0.4) is 0 Å². The molecule has 1 N–H and O–H groups in total. The third kappa shape index (κ3) is 4.24. The van der Waals surface area contributed by atoms with Crippen LogP contribution in [0.2, 0.25) is 0 Å². The maximum Gasteiger partial charge on any atom is 0.273 e. The maximum absolute atomic E-state index is 12.6. The summed E-state index contributed by atoms with van der Waals surface area (Å²) < 4.78 is 42.2. The third-order valence-electron chi connectivity index (χ3n) is 4.49. The van der Waals surface area contributed by atoms with Gasteiger partial charge in [0.25, 0.3) is 5.91 Å². The molecule has 0 bridgehead atoms. The molecule has 1 aliphatic heterocycles. The highest BCUT2D eigenvalue weighted by Gasteiger charge is 2.26. The number of sulfonamides is 1. The second kappa shape index (κ2) is 8.19. The van der Waals surface area contributed by atoms with Crippen LogP contribution in [-0.4, -0.2) is 50.1 Å². The summed E-state index contributed by atoms with van der Waals surface area (Å²) in [5.74, 6) is 0.433. The zero-order chi connectivity index (χ0) is 20.3. The van der Waals surface area contributed by atoms with Gasteiger partial charge in [-0.3, -0.25) is 4.79 Å². The maximum atomic E-state index is 12.6. The van der Waals surface area contributed by atoms with Crippen molar-refractivity contribution in [1.29, 1.82) is 0 Å². The lowest BCUT2D eigenvalue weighted by molar-refractivity contribution is 0.0730. The Balaban J connectivity index is 1.37. The molecule has 0 saturated carbocycles. The van der Waals surface area contributed by atoms with Crippen molar-refractivity contribution in [2.75, 3.05) is 26.3 Å². The summed E-state index contributed by atoms with van der Waals surface area (Å²) in [7, 11) is -3.54. The van der Waals surface area contributed by atoms with Gasteiger partial charge in [0.15, 0.2) is 11.5 Å². The second-order valence-corrected chi connectivity index (χ2v) is 8.33. The van der Waals surface area contributed by atoms with E-state index in [4.69, 9.17) is 13.7 Å². The first-order valence-electron chi connectivity index (χ1n) is 9.00. The fraction of sp³-hybridized carbons (Fsp3) is 0.263. The number of aromatic nitrogens is 1. The van der Waals surface area contributed by atoms with Crippen molar-refractivity contribution in [3.05, 3.63) is 60.0 Å². The molecule has 3 aromatic rings. The van der Waals surface area contributed by atoms with Gasteiger partial charge in [0.1, 0.15) is 0 Å². The molecule has 2 aromatic heterocycles. The molecule has 0 spiro atoms. The van der Waals surface area contributed by atoms with E-state index < -0.39 is 15.9 Å². The van der Waals surface area contributed by atoms with Crippen molar-refractivity contribution >= 4 is 15.9 Å². The fourth-order valence-corrected chi connectivity index (χ4v) is 4.31. The number of rotatable bonds is 6. The van der Waals surface area contributed by atoms with Gasteiger partial charge in [-0.1, -0.05) is 17.3 Å². The third-order valence-corrected chi connectivity index (χ3v) is 6.40. The fourth-order valence-electron chi connectivity index (χ4n) is 2.91. The molecule has 9 nitrogen and oxygen atoms in total. The lowest BCUT2D eigenvalue weighted by atomic mass is 10.2. The minimum absolute atomic E-state index is 0.128. The molecule has 10 heteroatoms. The molecule has 152 valence electrons. The molecule has 1 saturated heterocycles. The summed E-state index contributed by atoms with van der Waals surface area (Å²) in [5.41, 5.74) is 0.886. The highest BCUT2D eigenvalue weighted by molar-refractivity contribution is 7.89. The van der Waals surface area contributed by atoms with Crippen molar-refractivity contribution in [2.24, 2.45) is 0 Å². The van der Waals surface area contributed by atoms with Gasteiger partial charge in [0.05, 0.1) is 24.4 Å². The largest absolute Gasteiger partial charge is 0.461 e. The van der Waals surface area contributed by atoms with E-state index in [1.165, 1.54) is 28.8 Å². The van der Waals surface area contributed by atoms with Gasteiger partial charge in [0, 0.05) is 25.7 Å². The molecule has 0 atom stereocenters. The highest BCUT2D eigenvalue weighted by Crippen LogP contribution is 2.21. The van der Waals surface area contributed by atoms with Crippen LogP contribution in [0, 0.1) is 0 Å². The zero-order valence-electron chi connectivity index (χ0n) is 15.4. The van der Waals surface area contributed by atoms with E-state index in [1.807, 2.05) is 0 Å². The molecule has 1 aliphatic rings. The summed E-state index contributed by atoms with van der Waals surface area (Å²) in [6, 6.07) is 11.3. The van der Waals surface area contributed by atoms with E-state index in [1.54, 1.807) is 24.3 Å². The van der Waals surface area contributed by atoms with Crippen LogP contribution >= 0.6 is 0 Å². The summed E-state index contributed by atoms with van der Waals surface area (Å²) in [5, 5.41) is 6.47. The molecule has 3 heterocycles. The van der Waals surface area contributed by atoms with Crippen molar-refractivity contribution in [3.8, 4) is 11.5 Å². The van der Waals surface area contributed by atoms with Gasteiger partial charge in [0.2, 0.25) is 15.8 Å². The van der Waals surface area contributed by atoms with Gasteiger partial charge in [-0.2, -0.15) is 4.31 Å². The normalized spacial score (nSPS) is 15.3. The second-order valence-electron chi connectivity index (χ2n) is 6.40. The summed E-state index contributed by atoms with van der Waals surface area (Å²) >= 11 is 0. The number of nitrogens with one attached hydrogen (secondary N) is 1. The lowest BCUT2D eigenvalue weighted by Crippen LogP contribution is -2.40. The lowest BCUT2D eigenvalue weighted by Gasteiger charge is -2.26. The number of carbonyl (C=O) groups excluding carboxylic acids is 1. The molecule has 1 aromatic carbocycles. The molecular formula is C19H19N3O6S. The monoisotopic (exact) mass is 417 g/mol. The Morgan fingerprint density at radius 3 is 2.55 bits per heavy atom. The summed E-state index contributed by atoms with van der Waals surface area (Å²) in [6.45, 7) is 1.70. The molecule has 29 heavy (non-hydrogen) atoms. The molecule has 4 rings (SSSR count). The molecule has 0 unspecified atom stereocenters. The summed E-state index contributed by atoms with van der Waals surface area (Å²) in [6.07, 6.45) is 1.50. The number of amides is 1.